The van der Waals surface area contributed by atoms with Gasteiger partial charge in [0.05, 0.1) is 17.0 Å². The van der Waals surface area contributed by atoms with E-state index in [0.717, 1.165) is 21.9 Å². The molecule has 9 heteroatoms. The maximum Gasteiger partial charge on any atom is 0.283 e. The van der Waals surface area contributed by atoms with Crippen LogP contribution in [0.15, 0.2) is 69.0 Å². The van der Waals surface area contributed by atoms with Gasteiger partial charge >= 0.3 is 0 Å². The van der Waals surface area contributed by atoms with Crippen molar-refractivity contribution in [2.24, 2.45) is 0 Å². The number of nitrogens with one attached hydrogen (secondary N) is 2. The zero-order chi connectivity index (χ0) is 21.3. The van der Waals surface area contributed by atoms with E-state index in [-0.39, 0.29) is 17.2 Å². The van der Waals surface area contributed by atoms with Gasteiger partial charge in [-0.2, -0.15) is 0 Å². The zero-order valence-corrected chi connectivity index (χ0v) is 18.2. The molecule has 1 amide bonds. The van der Waals surface area contributed by atoms with E-state index in [9.17, 15) is 14.0 Å². The van der Waals surface area contributed by atoms with Crippen molar-refractivity contribution in [3.63, 3.8) is 0 Å². The quantitative estimate of drug-likeness (QED) is 0.317. The Balaban J connectivity index is 1.66. The molecule has 0 atom stereocenters. The minimum absolute atomic E-state index is 0.0507. The number of halogens is 2. The summed E-state index contributed by atoms with van der Waals surface area (Å²) in [7, 11) is 0. The molecule has 0 aliphatic heterocycles. The number of thioether (sulfide) groups is 1. The van der Waals surface area contributed by atoms with Crippen LogP contribution in [0.3, 0.4) is 0 Å². The average molecular weight is 487 g/mol. The number of aromatic amines is 1. The van der Waals surface area contributed by atoms with Gasteiger partial charge in [-0.05, 0) is 55.5 Å². The minimum Gasteiger partial charge on any atom is -0.353 e. The van der Waals surface area contributed by atoms with Gasteiger partial charge in [-0.3, -0.25) is 14.2 Å². The summed E-state index contributed by atoms with van der Waals surface area (Å²) >= 11 is 4.50. The lowest BCUT2D eigenvalue weighted by Crippen LogP contribution is -2.23. The highest BCUT2D eigenvalue weighted by Gasteiger charge is 2.16. The highest BCUT2D eigenvalue weighted by Crippen LogP contribution is 2.23. The fraction of sp³-hybridized carbons (Fsp3) is 0.0952. The van der Waals surface area contributed by atoms with Crippen LogP contribution < -0.4 is 10.9 Å². The number of benzene rings is 2. The number of H-pyrrole nitrogens is 1. The predicted molar refractivity (Wildman–Crippen MR) is 120 cm³/mol. The number of carbonyl (C=O) groups is 1. The van der Waals surface area contributed by atoms with Crippen LogP contribution in [0.25, 0.3) is 16.7 Å². The number of anilines is 1. The van der Waals surface area contributed by atoms with Crippen LogP contribution in [0.4, 0.5) is 10.1 Å². The van der Waals surface area contributed by atoms with Crippen molar-refractivity contribution in [2.45, 2.75) is 12.1 Å². The standard InChI is InChI=1S/C21H16BrFN4O2S/c1-12-9-17-19(24-12)20(29)27(16-7-5-14(23)6-8-16)21(26-17)30-11-18(28)25-15-4-2-3-13(22)10-15/h2-10,24H,11H2,1H3,(H,25,28). The van der Waals surface area contributed by atoms with Crippen LogP contribution in [-0.2, 0) is 4.79 Å². The van der Waals surface area contributed by atoms with Crippen molar-refractivity contribution in [1.82, 2.24) is 14.5 Å². The number of carbonyl (C=O) groups excluding carboxylic acids is 1. The number of hydrogen-bond donors (Lipinski definition) is 2. The van der Waals surface area contributed by atoms with E-state index in [1.54, 1.807) is 18.2 Å². The van der Waals surface area contributed by atoms with Gasteiger partial charge in [0.25, 0.3) is 5.56 Å². The minimum atomic E-state index is -0.404. The molecule has 0 unspecified atom stereocenters. The summed E-state index contributed by atoms with van der Waals surface area (Å²) < 4.78 is 15.6. The van der Waals surface area contributed by atoms with E-state index in [1.165, 1.54) is 28.8 Å². The molecule has 2 aromatic heterocycles. The van der Waals surface area contributed by atoms with Gasteiger partial charge in [0, 0.05) is 15.9 Å². The third-order valence-corrected chi connectivity index (χ3v) is 5.71. The maximum absolute atomic E-state index is 13.4. The highest BCUT2D eigenvalue weighted by atomic mass is 79.9. The van der Waals surface area contributed by atoms with E-state index in [4.69, 9.17) is 0 Å². The van der Waals surface area contributed by atoms with Gasteiger partial charge in [0.15, 0.2) is 5.16 Å². The fourth-order valence-corrected chi connectivity index (χ4v) is 4.20. The third-order valence-electron chi connectivity index (χ3n) is 4.28. The molecule has 0 saturated heterocycles. The first-order valence-corrected chi connectivity index (χ1v) is 10.7. The number of aryl methyl sites for hydroxylation is 1. The van der Waals surface area contributed by atoms with Gasteiger partial charge in [0.2, 0.25) is 5.91 Å². The molecule has 6 nitrogen and oxygen atoms in total. The summed E-state index contributed by atoms with van der Waals surface area (Å²) in [6, 6.07) is 14.6. The van der Waals surface area contributed by atoms with Crippen molar-refractivity contribution in [2.75, 3.05) is 11.1 Å². The van der Waals surface area contributed by atoms with E-state index >= 15 is 0 Å². The molecule has 0 bridgehead atoms. The lowest BCUT2D eigenvalue weighted by atomic mass is 10.3. The SMILES string of the molecule is Cc1cc2nc(SCC(=O)Nc3cccc(Br)c3)n(-c3ccc(F)cc3)c(=O)c2[nH]1. The topological polar surface area (TPSA) is 79.8 Å². The first kappa shape index (κ1) is 20.4. The second kappa shape index (κ2) is 8.45. The number of amides is 1. The summed E-state index contributed by atoms with van der Waals surface area (Å²) in [5.74, 6) is -0.586. The van der Waals surface area contributed by atoms with Crippen LogP contribution >= 0.6 is 27.7 Å². The van der Waals surface area contributed by atoms with Gasteiger partial charge < -0.3 is 10.3 Å². The normalized spacial score (nSPS) is 11.0. The summed E-state index contributed by atoms with van der Waals surface area (Å²) in [6.07, 6.45) is 0. The third kappa shape index (κ3) is 4.31. The molecule has 4 rings (SSSR count). The Kier molecular flexibility index (Phi) is 5.74. The van der Waals surface area contributed by atoms with E-state index in [1.807, 2.05) is 19.1 Å². The van der Waals surface area contributed by atoms with E-state index < -0.39 is 5.82 Å². The fourth-order valence-electron chi connectivity index (χ4n) is 2.99. The smallest absolute Gasteiger partial charge is 0.283 e. The van der Waals surface area contributed by atoms with Crippen LogP contribution in [0.1, 0.15) is 5.69 Å². The van der Waals surface area contributed by atoms with Crippen LogP contribution in [0, 0.1) is 12.7 Å². The number of rotatable bonds is 5. The summed E-state index contributed by atoms with van der Waals surface area (Å²) in [5.41, 5.74) is 2.50. The number of aromatic nitrogens is 3. The predicted octanol–water partition coefficient (Wildman–Crippen LogP) is 4.65. The highest BCUT2D eigenvalue weighted by molar-refractivity contribution is 9.10. The number of nitrogens with zero attached hydrogens (tertiary/aromatic N) is 2. The molecule has 0 aliphatic rings. The van der Waals surface area contributed by atoms with E-state index in [2.05, 4.69) is 31.2 Å². The molecule has 0 aliphatic carbocycles. The lowest BCUT2D eigenvalue weighted by molar-refractivity contribution is -0.113. The molecule has 0 fully saturated rings. The van der Waals surface area contributed by atoms with Crippen molar-refractivity contribution in [3.8, 4) is 5.69 Å². The second-order valence-electron chi connectivity index (χ2n) is 6.57. The Morgan fingerprint density at radius 3 is 2.73 bits per heavy atom. The first-order chi connectivity index (χ1) is 14.4. The molecule has 0 radical (unpaired) electrons. The summed E-state index contributed by atoms with van der Waals surface area (Å²) in [5, 5.41) is 3.16. The Bertz CT molecular complexity index is 1300. The molecule has 152 valence electrons. The van der Waals surface area contributed by atoms with Gasteiger partial charge in [-0.25, -0.2) is 9.37 Å². The number of hydrogen-bond acceptors (Lipinski definition) is 4. The summed E-state index contributed by atoms with van der Waals surface area (Å²) in [6.45, 7) is 1.83. The molecule has 2 N–H and O–H groups in total. The Morgan fingerprint density at radius 2 is 2.00 bits per heavy atom. The van der Waals surface area contributed by atoms with Gasteiger partial charge in [0.1, 0.15) is 11.3 Å². The largest absolute Gasteiger partial charge is 0.353 e. The van der Waals surface area contributed by atoms with Crippen LogP contribution in [-0.4, -0.2) is 26.2 Å². The monoisotopic (exact) mass is 486 g/mol. The zero-order valence-electron chi connectivity index (χ0n) is 15.8. The van der Waals surface area contributed by atoms with Gasteiger partial charge in [-0.15, -0.1) is 0 Å². The van der Waals surface area contributed by atoms with Crippen LogP contribution in [0.5, 0.6) is 0 Å². The van der Waals surface area contributed by atoms with Crippen LogP contribution in [0.2, 0.25) is 0 Å². The molecule has 4 aromatic rings. The molecule has 2 heterocycles. The lowest BCUT2D eigenvalue weighted by Gasteiger charge is -2.12. The van der Waals surface area contributed by atoms with Crippen molar-refractivity contribution in [3.05, 3.63) is 80.9 Å². The molecule has 0 spiro atoms. The maximum atomic E-state index is 13.4. The molecular weight excluding hydrogens is 471 g/mol. The molecule has 0 saturated carbocycles. The average Bonchev–Trinajstić information content (AvgIpc) is 3.08. The van der Waals surface area contributed by atoms with Crippen molar-refractivity contribution >= 4 is 50.3 Å². The number of fused-ring (bicyclic) bond motifs is 1. The molecular formula is C21H16BrFN4O2S. The molecule has 2 aromatic carbocycles. The second-order valence-corrected chi connectivity index (χ2v) is 8.43. The Hall–Kier alpha value is -2.91. The Morgan fingerprint density at radius 1 is 1.23 bits per heavy atom. The first-order valence-electron chi connectivity index (χ1n) is 8.97. The Labute approximate surface area is 183 Å². The van der Waals surface area contributed by atoms with E-state index in [0.29, 0.717) is 27.6 Å². The summed E-state index contributed by atoms with van der Waals surface area (Å²) in [4.78, 5) is 33.1. The molecule has 30 heavy (non-hydrogen) atoms. The van der Waals surface area contributed by atoms with Crippen molar-refractivity contribution in [1.29, 1.82) is 0 Å². The van der Waals surface area contributed by atoms with Crippen molar-refractivity contribution < 1.29 is 9.18 Å². The van der Waals surface area contributed by atoms with Gasteiger partial charge in [-0.1, -0.05) is 33.8 Å².